The molecule has 139 heavy (non-hydrogen) atoms. The smallest absolute Gasteiger partial charge is 0.443 e. The second kappa shape index (κ2) is 50.4. The quantitative estimate of drug-likeness (QED) is 0.0242. The lowest BCUT2D eigenvalue weighted by atomic mass is 9.49. The van der Waals surface area contributed by atoms with E-state index in [1.165, 1.54) is 47.8 Å². The van der Waals surface area contributed by atoms with E-state index >= 15 is 0 Å². The zero-order chi connectivity index (χ0) is 104. The number of carbonyl (C=O) groups excluding carboxylic acids is 7. The van der Waals surface area contributed by atoms with Gasteiger partial charge in [0, 0.05) is 120 Å². The van der Waals surface area contributed by atoms with E-state index in [4.69, 9.17) is 52.6 Å². The maximum absolute atomic E-state index is 12.6. The van der Waals surface area contributed by atoms with Crippen molar-refractivity contribution >= 4 is 200 Å². The molecule has 0 bridgehead atoms. The number of fused-ring (bicyclic) bond motifs is 4. The zero-order valence-corrected chi connectivity index (χ0v) is 93.7. The molecule has 0 radical (unpaired) electrons. The number of hydrogen-bond donors (Lipinski definition) is 3. The number of allylic oxidation sites excluding steroid dienone is 2. The molecular formula is C101H129B3Br2I3N11O19. The topological polar surface area (TPSA) is 372 Å². The van der Waals surface area contributed by atoms with Crippen molar-refractivity contribution in [2.75, 3.05) is 7.05 Å². The molecule has 5 N–H and O–H groups in total. The van der Waals surface area contributed by atoms with Gasteiger partial charge in [-0.05, 0) is 314 Å². The van der Waals surface area contributed by atoms with Gasteiger partial charge in [-0.25, -0.2) is 41.4 Å². The average molecular weight is 2370 g/mol. The van der Waals surface area contributed by atoms with Crippen LogP contribution in [0.3, 0.4) is 0 Å². The van der Waals surface area contributed by atoms with Gasteiger partial charge < -0.3 is 73.0 Å². The van der Waals surface area contributed by atoms with Crippen LogP contribution >= 0.6 is 99.9 Å². The highest BCUT2D eigenvalue weighted by Crippen LogP contribution is 2.44. The third kappa shape index (κ3) is 35.3. The summed E-state index contributed by atoms with van der Waals surface area (Å²) in [6.45, 7) is 48.7. The van der Waals surface area contributed by atoms with Gasteiger partial charge >= 0.3 is 45.6 Å². The van der Waals surface area contributed by atoms with Crippen LogP contribution in [0.15, 0.2) is 203 Å². The van der Waals surface area contributed by atoms with Gasteiger partial charge in [-0.2, -0.15) is 0 Å². The molecule has 4 saturated heterocycles. The lowest BCUT2D eigenvalue weighted by Crippen LogP contribution is -2.41. The highest BCUT2D eigenvalue weighted by molar-refractivity contribution is 14.1. The number of amides is 3. The Bertz CT molecular complexity index is 5920. The Hall–Kier alpha value is -8.92. The summed E-state index contributed by atoms with van der Waals surface area (Å²) in [6, 6.07) is 42.6. The van der Waals surface area contributed by atoms with Crippen LogP contribution in [0, 0.1) is 10.5 Å². The van der Waals surface area contributed by atoms with Crippen molar-refractivity contribution in [3.05, 3.63) is 262 Å². The van der Waals surface area contributed by atoms with Crippen LogP contribution in [0.1, 0.15) is 234 Å². The molecular weight excluding hydrogens is 2240 g/mol. The third-order valence-electron chi connectivity index (χ3n) is 21.9. The molecule has 7 aromatic heterocycles. The molecule has 0 unspecified atom stereocenters. The first-order valence-corrected chi connectivity index (χ1v) is 49.8. The molecule has 10 aromatic rings. The minimum absolute atomic E-state index is 0.0735. The number of nitrogens with two attached hydrogens (primary N) is 2. The van der Waals surface area contributed by atoms with Crippen LogP contribution in [-0.4, -0.2) is 163 Å². The Kier molecular flexibility index (Phi) is 42.4. The number of ether oxygens (including phenoxy) is 5. The molecule has 3 aromatic carbocycles. The number of imide groups is 1. The van der Waals surface area contributed by atoms with E-state index in [0.29, 0.717) is 43.8 Å². The van der Waals surface area contributed by atoms with Gasteiger partial charge in [0.05, 0.1) is 74.4 Å². The lowest BCUT2D eigenvalue weighted by molar-refractivity contribution is -0.130. The zero-order valence-electron chi connectivity index (χ0n) is 84.0. The summed E-state index contributed by atoms with van der Waals surface area (Å²) in [6.07, 6.45) is 18.4. The van der Waals surface area contributed by atoms with Crippen LogP contribution in [0.25, 0.3) is 31.7 Å². The Morgan fingerprint density at radius 2 is 0.950 bits per heavy atom. The number of carbonyl (C=O) groups is 7. The van der Waals surface area contributed by atoms with Crippen molar-refractivity contribution in [2.24, 2.45) is 11.5 Å². The molecule has 6 aliphatic rings. The van der Waals surface area contributed by atoms with Crippen LogP contribution in [-0.2, 0) is 93.7 Å². The standard InChI is InChI=1S/C21H19BrN2O2.C18H25BN2O4.C12H24B2O4.C12H13IN2O2.C10H18O5.C8H6IN.C8H7N.C7H8BrN.C4H4INO2.CH5N/c1-15-7-9-16(10-8-15)14-24-11-3-6-19(21(24)26)20(25)23-13-17-4-2-5-18(22)12-17;1-16(2,3)23-15(22)21-11-13(12-9-8-10-20-14(12)21)19-24-17(4,5)18(6,7)25-19;1-9(2)10(3,4)16-13(15-9)14-17-11(5,6)12(7,8)18-14;1-12(2,3)17-11(16)15-7-9(13)8-5-4-6-14-10(8)15;1-9(2,3)14-7(11)13-8(12)15-10(4,5)6;9-7-3-4-8-6(7)2-1-5-10-8;1-3-7-4-2-6-9-8(7)5-1;8-7-3-1-2-6(4-7)5-9;5-6-3(7)1-2-4(6)8;1-2/h2-12H,13-14H2,1H3,(H,23,25);8-11H,1-7H3;1-8H3;4-7H,1-3H3;1-6H3;1-3,5H,4H2;1-4,6H,5H2;1-4H,5,9H2;1-2H2;2H2,1H3. The molecule has 16 rings (SSSR count). The highest BCUT2D eigenvalue weighted by atomic mass is 127. The molecule has 4 fully saturated rings. The van der Waals surface area contributed by atoms with E-state index in [2.05, 4.69) is 143 Å². The minimum Gasteiger partial charge on any atom is -0.443 e. The van der Waals surface area contributed by atoms with Crippen molar-refractivity contribution in [1.82, 2.24) is 42.1 Å². The third-order valence-corrected chi connectivity index (χ3v) is 25.8. The van der Waals surface area contributed by atoms with E-state index in [1.807, 2.05) is 253 Å². The van der Waals surface area contributed by atoms with Gasteiger partial charge in [0.25, 0.3) is 11.5 Å². The summed E-state index contributed by atoms with van der Waals surface area (Å²) in [4.78, 5) is 110. The number of hydrogen-bond acceptors (Lipinski definition) is 25. The summed E-state index contributed by atoms with van der Waals surface area (Å²) in [5.41, 5.74) is 16.2. The van der Waals surface area contributed by atoms with Crippen LogP contribution in [0.2, 0.25) is 0 Å². The monoisotopic (exact) mass is 2370 g/mol. The van der Waals surface area contributed by atoms with E-state index in [1.54, 1.807) is 112 Å². The molecule has 3 amide bonds. The maximum atomic E-state index is 12.6. The molecule has 0 saturated carbocycles. The Balaban J connectivity index is 0.000000218. The summed E-state index contributed by atoms with van der Waals surface area (Å²) in [7, 11) is -0.0208. The first-order valence-electron chi connectivity index (χ1n) is 45.1. The van der Waals surface area contributed by atoms with Crippen molar-refractivity contribution in [2.45, 2.75) is 274 Å². The Morgan fingerprint density at radius 3 is 1.40 bits per heavy atom. The molecule has 4 aliphatic heterocycles. The minimum atomic E-state index is -1.06. The van der Waals surface area contributed by atoms with Gasteiger partial charge in [0.1, 0.15) is 39.3 Å². The molecule has 11 heterocycles. The fraction of sp³-hybridized carbons (Fsp3) is 0.426. The van der Waals surface area contributed by atoms with E-state index in [-0.39, 0.29) is 51.2 Å². The van der Waals surface area contributed by atoms with E-state index in [9.17, 15) is 38.4 Å². The van der Waals surface area contributed by atoms with Gasteiger partial charge in [0.2, 0.25) is 11.8 Å². The van der Waals surface area contributed by atoms with Gasteiger partial charge in [-0.15, -0.1) is 0 Å². The fourth-order valence-electron chi connectivity index (χ4n) is 12.8. The average Bonchev–Trinajstić information content (AvgIpc) is 1.60. The number of halogens is 5. The number of nitrogens with one attached hydrogen (secondary N) is 1. The van der Waals surface area contributed by atoms with Gasteiger partial charge in [-0.1, -0.05) is 122 Å². The fourth-order valence-corrected chi connectivity index (χ4v) is 15.6. The van der Waals surface area contributed by atoms with Crippen molar-refractivity contribution in [1.29, 1.82) is 0 Å². The molecule has 38 heteroatoms. The first-order chi connectivity index (χ1) is 64.6. The number of pyridine rings is 5. The number of aromatic nitrogens is 7. The van der Waals surface area contributed by atoms with Crippen LogP contribution < -0.4 is 27.8 Å². The number of rotatable bonds is 8. The number of aryl methyl sites for hydroxylation is 1. The van der Waals surface area contributed by atoms with Crippen molar-refractivity contribution in [3.63, 3.8) is 0 Å². The van der Waals surface area contributed by atoms with Gasteiger partial charge in [0.15, 0.2) is 0 Å². The highest BCUT2D eigenvalue weighted by Gasteiger charge is 2.64. The first kappa shape index (κ1) is 117. The second-order valence-electron chi connectivity index (χ2n) is 39.3. The molecule has 0 atom stereocenters. The molecule has 746 valence electrons. The van der Waals surface area contributed by atoms with E-state index in [0.717, 1.165) is 61.4 Å². The maximum Gasteiger partial charge on any atom is 0.519 e. The second-order valence-corrected chi connectivity index (χ2v) is 44.5. The Morgan fingerprint density at radius 1 is 0.511 bits per heavy atom. The molecule has 2 aliphatic carbocycles. The molecule has 0 spiro atoms. The van der Waals surface area contributed by atoms with Crippen LogP contribution in [0.5, 0.6) is 0 Å². The van der Waals surface area contributed by atoms with E-state index < -0.39 is 79.2 Å². The van der Waals surface area contributed by atoms with Crippen molar-refractivity contribution < 1.29 is 85.2 Å². The predicted octanol–water partition coefficient (Wildman–Crippen LogP) is 21.6. The largest absolute Gasteiger partial charge is 0.519 e. The summed E-state index contributed by atoms with van der Waals surface area (Å²) < 4.78 is 70.7. The predicted molar refractivity (Wildman–Crippen MR) is 577 cm³/mol. The summed E-state index contributed by atoms with van der Waals surface area (Å²) >= 11 is 13.0. The SMILES string of the molecule is C1=Cc2cccnc2C1.CC(C)(C)OC(=O)OC(=O)OC(C)(C)C.CC(C)(C)OC(=O)n1cc(B2OC(C)(C)C(C)(C)O2)c2cccnc21.CC(C)(C)OC(=O)n1cc(I)c2cccnc21.CC1(C)OB(B2OC(C)(C)C(C)(C)O2)OC1(C)C.CN.Cc1ccc(Cn2cccc(C(=O)NCc3cccc(Br)c3)c2=O)cc1.IC1=CCc2ncccc21.NCc1cccc(Br)c1.O=C1CCC(=O)N1I. The Labute approximate surface area is 875 Å². The molecule has 30 nitrogen and oxygen atoms in total. The lowest BCUT2D eigenvalue weighted by Gasteiger charge is -2.32. The summed E-state index contributed by atoms with van der Waals surface area (Å²) in [5, 5.41) is 4.58. The number of nitrogens with zero attached hydrogens (tertiary/aromatic N) is 8. The van der Waals surface area contributed by atoms with Gasteiger partial charge in [-0.3, -0.25) is 29.1 Å². The number of benzene rings is 3. The van der Waals surface area contributed by atoms with Crippen LogP contribution in [0.4, 0.5) is 19.2 Å². The summed E-state index contributed by atoms with van der Waals surface area (Å²) in [5.74, 6) is -0.514. The normalized spacial score (nSPS) is 16.1. The van der Waals surface area contributed by atoms with Crippen molar-refractivity contribution in [3.8, 4) is 0 Å².